The predicted molar refractivity (Wildman–Crippen MR) is 64.7 cm³/mol. The number of hydrogen-bond acceptors (Lipinski definition) is 5. The van der Waals surface area contributed by atoms with Crippen LogP contribution in [0.25, 0.3) is 0 Å². The first-order valence-electron chi connectivity index (χ1n) is 5.89. The fourth-order valence-electron chi connectivity index (χ4n) is 2.19. The summed E-state index contributed by atoms with van der Waals surface area (Å²) in [5.41, 5.74) is 1.05. The summed E-state index contributed by atoms with van der Waals surface area (Å²) in [7, 11) is 2.00. The molecule has 0 radical (unpaired) electrons. The number of ether oxygens (including phenoxy) is 1. The molecule has 5 heteroatoms. The first kappa shape index (κ1) is 12.0. The lowest BCUT2D eigenvalue weighted by Gasteiger charge is -2.16. The molecule has 0 aliphatic carbocycles. The van der Waals surface area contributed by atoms with Crippen LogP contribution in [0.2, 0.25) is 0 Å². The van der Waals surface area contributed by atoms with Crippen LogP contribution in [0.15, 0.2) is 0 Å². The third-order valence-corrected chi connectivity index (χ3v) is 4.09. The zero-order valence-electron chi connectivity index (χ0n) is 9.90. The standard InChI is InChI=1S/C11H19N3OS/c1-8-11(16-14-13-8)10(12-2)6-5-9-4-3-7-15-9/h9-10,12H,3-7H2,1-2H3. The van der Waals surface area contributed by atoms with Gasteiger partial charge in [0.2, 0.25) is 0 Å². The van der Waals surface area contributed by atoms with Gasteiger partial charge in [0, 0.05) is 12.6 Å². The summed E-state index contributed by atoms with van der Waals surface area (Å²) in [6.07, 6.45) is 5.14. The molecule has 16 heavy (non-hydrogen) atoms. The van der Waals surface area contributed by atoms with Gasteiger partial charge in [-0.25, -0.2) is 0 Å². The van der Waals surface area contributed by atoms with Crippen molar-refractivity contribution in [1.82, 2.24) is 14.9 Å². The Balaban J connectivity index is 1.88. The molecule has 0 bridgehead atoms. The highest BCUT2D eigenvalue weighted by Gasteiger charge is 2.20. The van der Waals surface area contributed by atoms with Crippen molar-refractivity contribution >= 4 is 11.5 Å². The number of aryl methyl sites for hydroxylation is 1. The number of aromatic nitrogens is 2. The van der Waals surface area contributed by atoms with E-state index in [1.165, 1.54) is 29.3 Å². The number of nitrogens with zero attached hydrogens (tertiary/aromatic N) is 2. The second-order valence-electron chi connectivity index (χ2n) is 4.28. The lowest BCUT2D eigenvalue weighted by atomic mass is 10.0. The Morgan fingerprint density at radius 1 is 1.62 bits per heavy atom. The molecule has 0 amide bonds. The van der Waals surface area contributed by atoms with Crippen LogP contribution in [0.3, 0.4) is 0 Å². The fraction of sp³-hybridized carbons (Fsp3) is 0.818. The molecule has 1 fully saturated rings. The third kappa shape index (κ3) is 2.78. The van der Waals surface area contributed by atoms with Crippen molar-refractivity contribution in [2.75, 3.05) is 13.7 Å². The molecule has 1 N–H and O–H groups in total. The highest BCUT2D eigenvalue weighted by molar-refractivity contribution is 7.05. The van der Waals surface area contributed by atoms with Crippen LogP contribution < -0.4 is 5.32 Å². The second-order valence-corrected chi connectivity index (χ2v) is 5.06. The SMILES string of the molecule is CNC(CCC1CCCO1)c1snnc1C. The average molecular weight is 241 g/mol. The minimum Gasteiger partial charge on any atom is -0.378 e. The summed E-state index contributed by atoms with van der Waals surface area (Å²) >= 11 is 1.50. The number of hydrogen-bond donors (Lipinski definition) is 1. The molecule has 4 nitrogen and oxygen atoms in total. The first-order chi connectivity index (χ1) is 7.81. The average Bonchev–Trinajstić information content (AvgIpc) is 2.92. The smallest absolute Gasteiger partial charge is 0.0772 e. The summed E-state index contributed by atoms with van der Waals surface area (Å²) in [6.45, 7) is 2.96. The van der Waals surface area contributed by atoms with Gasteiger partial charge in [0.15, 0.2) is 0 Å². The van der Waals surface area contributed by atoms with E-state index in [4.69, 9.17) is 4.74 Å². The summed E-state index contributed by atoms with van der Waals surface area (Å²) < 4.78 is 9.63. The maximum Gasteiger partial charge on any atom is 0.0772 e. The Morgan fingerprint density at radius 2 is 2.50 bits per heavy atom. The van der Waals surface area contributed by atoms with Crippen molar-refractivity contribution in [1.29, 1.82) is 0 Å². The second kappa shape index (κ2) is 5.70. The molecule has 1 aromatic rings. The molecule has 0 aromatic carbocycles. The van der Waals surface area contributed by atoms with Gasteiger partial charge in [0.25, 0.3) is 0 Å². The van der Waals surface area contributed by atoms with Crippen LogP contribution in [0, 0.1) is 6.92 Å². The molecule has 2 atom stereocenters. The molecule has 2 unspecified atom stereocenters. The van der Waals surface area contributed by atoms with Gasteiger partial charge in [0.05, 0.1) is 16.7 Å². The highest BCUT2D eigenvalue weighted by Crippen LogP contribution is 2.26. The molecule has 90 valence electrons. The molecule has 1 saturated heterocycles. The van der Waals surface area contributed by atoms with E-state index in [-0.39, 0.29) is 0 Å². The summed E-state index contributed by atoms with van der Waals surface area (Å²) in [5.74, 6) is 0. The van der Waals surface area contributed by atoms with Gasteiger partial charge >= 0.3 is 0 Å². The van der Waals surface area contributed by atoms with Gasteiger partial charge in [-0.15, -0.1) is 5.10 Å². The lowest BCUT2D eigenvalue weighted by Crippen LogP contribution is -2.18. The van der Waals surface area contributed by atoms with Crippen LogP contribution in [-0.4, -0.2) is 29.3 Å². The molecule has 0 saturated carbocycles. The van der Waals surface area contributed by atoms with Gasteiger partial charge in [-0.3, -0.25) is 0 Å². The van der Waals surface area contributed by atoms with E-state index in [0.717, 1.165) is 25.1 Å². The summed E-state index contributed by atoms with van der Waals surface area (Å²) in [6, 6.07) is 0.379. The van der Waals surface area contributed by atoms with Crippen molar-refractivity contribution in [2.45, 2.75) is 44.8 Å². The summed E-state index contributed by atoms with van der Waals surface area (Å²) in [4.78, 5) is 1.26. The Kier molecular flexibility index (Phi) is 4.26. The van der Waals surface area contributed by atoms with Gasteiger partial charge in [-0.05, 0) is 51.2 Å². The monoisotopic (exact) mass is 241 g/mol. The maximum absolute atomic E-state index is 5.64. The Bertz CT molecular complexity index is 323. The third-order valence-electron chi connectivity index (χ3n) is 3.15. The van der Waals surface area contributed by atoms with E-state index < -0.39 is 0 Å². The molecular formula is C11H19N3OS. The lowest BCUT2D eigenvalue weighted by molar-refractivity contribution is 0.0999. The van der Waals surface area contributed by atoms with Crippen molar-refractivity contribution < 1.29 is 4.74 Å². The molecule has 0 spiro atoms. The van der Waals surface area contributed by atoms with E-state index in [1.807, 2.05) is 14.0 Å². The Hall–Kier alpha value is -0.520. The van der Waals surface area contributed by atoms with E-state index in [1.54, 1.807) is 0 Å². The molecule has 1 aliphatic rings. The van der Waals surface area contributed by atoms with Gasteiger partial charge in [-0.1, -0.05) is 4.49 Å². The normalized spacial score (nSPS) is 22.5. The van der Waals surface area contributed by atoms with E-state index in [2.05, 4.69) is 14.9 Å². The van der Waals surface area contributed by atoms with Gasteiger partial charge in [0.1, 0.15) is 0 Å². The molecular weight excluding hydrogens is 222 g/mol. The first-order valence-corrected chi connectivity index (χ1v) is 6.66. The Labute approximate surface area is 101 Å². The van der Waals surface area contributed by atoms with Crippen LogP contribution in [-0.2, 0) is 4.74 Å². The molecule has 2 rings (SSSR count). The van der Waals surface area contributed by atoms with Gasteiger partial charge < -0.3 is 10.1 Å². The Morgan fingerprint density at radius 3 is 3.06 bits per heavy atom. The van der Waals surface area contributed by atoms with E-state index in [0.29, 0.717) is 12.1 Å². The topological polar surface area (TPSA) is 47.0 Å². The van der Waals surface area contributed by atoms with Crippen LogP contribution >= 0.6 is 11.5 Å². The van der Waals surface area contributed by atoms with Crippen LogP contribution in [0.5, 0.6) is 0 Å². The highest BCUT2D eigenvalue weighted by atomic mass is 32.1. The minimum atomic E-state index is 0.379. The van der Waals surface area contributed by atoms with E-state index >= 15 is 0 Å². The van der Waals surface area contributed by atoms with Crippen molar-refractivity contribution in [2.24, 2.45) is 0 Å². The quantitative estimate of drug-likeness (QED) is 0.857. The zero-order valence-corrected chi connectivity index (χ0v) is 10.7. The van der Waals surface area contributed by atoms with Crippen molar-refractivity contribution in [3.8, 4) is 0 Å². The van der Waals surface area contributed by atoms with Crippen LogP contribution in [0.4, 0.5) is 0 Å². The largest absolute Gasteiger partial charge is 0.378 e. The maximum atomic E-state index is 5.64. The molecule has 2 heterocycles. The van der Waals surface area contributed by atoms with E-state index in [9.17, 15) is 0 Å². The predicted octanol–water partition coefficient (Wildman–Crippen LogP) is 2.07. The fourth-order valence-corrected chi connectivity index (χ4v) is 2.97. The minimum absolute atomic E-state index is 0.379. The number of rotatable bonds is 5. The molecule has 1 aliphatic heterocycles. The number of nitrogens with one attached hydrogen (secondary N) is 1. The van der Waals surface area contributed by atoms with Crippen LogP contribution in [0.1, 0.15) is 42.3 Å². The van der Waals surface area contributed by atoms with Crippen molar-refractivity contribution in [3.05, 3.63) is 10.6 Å². The van der Waals surface area contributed by atoms with Crippen molar-refractivity contribution in [3.63, 3.8) is 0 Å². The molecule has 1 aromatic heterocycles. The van der Waals surface area contributed by atoms with Gasteiger partial charge in [-0.2, -0.15) is 0 Å². The zero-order chi connectivity index (χ0) is 11.4. The summed E-state index contributed by atoms with van der Waals surface area (Å²) in [5, 5.41) is 7.41.